The van der Waals surface area contributed by atoms with Crippen LogP contribution in [0.3, 0.4) is 0 Å². The fourth-order valence-corrected chi connectivity index (χ4v) is 3.18. The predicted molar refractivity (Wildman–Crippen MR) is 95.8 cm³/mol. The van der Waals surface area contributed by atoms with E-state index >= 15 is 0 Å². The third kappa shape index (κ3) is 4.56. The fraction of sp³-hybridized carbons (Fsp3) is 0.350. The van der Waals surface area contributed by atoms with Crippen molar-refractivity contribution < 1.29 is 18.0 Å². The first-order valence-electron chi connectivity index (χ1n) is 8.81. The van der Waals surface area contributed by atoms with Crippen molar-refractivity contribution >= 4 is 17.3 Å². The molecule has 0 spiro atoms. The van der Waals surface area contributed by atoms with Crippen molar-refractivity contribution in [1.29, 1.82) is 0 Å². The number of amides is 1. The molecule has 2 aromatic carbocycles. The molecule has 6 heteroatoms. The summed E-state index contributed by atoms with van der Waals surface area (Å²) in [5.74, 6) is -2.55. The maximum absolute atomic E-state index is 13.7. The Morgan fingerprint density at radius 1 is 0.962 bits per heavy atom. The van der Waals surface area contributed by atoms with E-state index in [0.29, 0.717) is 11.3 Å². The Labute approximate surface area is 150 Å². The summed E-state index contributed by atoms with van der Waals surface area (Å²) in [6.07, 6.45) is 3.69. The molecule has 138 valence electrons. The maximum Gasteiger partial charge on any atom is 0.224 e. The van der Waals surface area contributed by atoms with Gasteiger partial charge < -0.3 is 10.2 Å². The Hall–Kier alpha value is -2.50. The number of rotatable bonds is 5. The van der Waals surface area contributed by atoms with Gasteiger partial charge in [-0.05, 0) is 61.6 Å². The summed E-state index contributed by atoms with van der Waals surface area (Å²) in [4.78, 5) is 14.4. The van der Waals surface area contributed by atoms with Crippen molar-refractivity contribution in [3.63, 3.8) is 0 Å². The number of hydrogen-bond acceptors (Lipinski definition) is 2. The molecule has 0 atom stereocenters. The lowest BCUT2D eigenvalue weighted by Gasteiger charge is -2.30. The average Bonchev–Trinajstić information content (AvgIpc) is 2.63. The Bertz CT molecular complexity index is 789. The summed E-state index contributed by atoms with van der Waals surface area (Å²) in [5, 5.41) is 2.76. The van der Waals surface area contributed by atoms with Crippen molar-refractivity contribution in [2.75, 3.05) is 23.3 Å². The van der Waals surface area contributed by atoms with Crippen LogP contribution < -0.4 is 10.2 Å². The van der Waals surface area contributed by atoms with Crippen LogP contribution in [0.25, 0.3) is 0 Å². The van der Waals surface area contributed by atoms with Crippen LogP contribution >= 0.6 is 0 Å². The van der Waals surface area contributed by atoms with Gasteiger partial charge in [-0.1, -0.05) is 6.07 Å². The molecule has 1 fully saturated rings. The molecule has 1 N–H and O–H groups in total. The standard InChI is InChI=1S/C20H21F3N2O/c21-15-6-8-19(25-10-2-1-3-11-25)18(13-15)24-20(26)9-5-14-4-7-16(22)17(23)12-14/h4,6-8,12-13H,1-3,5,9-11H2,(H,24,26). The van der Waals surface area contributed by atoms with Crippen LogP contribution in [0.15, 0.2) is 36.4 Å². The Morgan fingerprint density at radius 3 is 2.46 bits per heavy atom. The summed E-state index contributed by atoms with van der Waals surface area (Å²) in [5.41, 5.74) is 1.80. The SMILES string of the molecule is O=C(CCc1ccc(F)c(F)c1)Nc1cc(F)ccc1N1CCCCC1. The van der Waals surface area contributed by atoms with Crippen LogP contribution in [0.5, 0.6) is 0 Å². The van der Waals surface area contributed by atoms with Crippen molar-refractivity contribution in [2.24, 2.45) is 0 Å². The molecule has 0 aliphatic carbocycles. The van der Waals surface area contributed by atoms with E-state index in [0.717, 1.165) is 43.8 Å². The summed E-state index contributed by atoms with van der Waals surface area (Å²) < 4.78 is 39.8. The second-order valence-electron chi connectivity index (χ2n) is 6.51. The molecule has 1 aliphatic heterocycles. The second kappa shape index (κ2) is 8.25. The van der Waals surface area contributed by atoms with Gasteiger partial charge in [0, 0.05) is 19.5 Å². The van der Waals surface area contributed by atoms with Crippen LogP contribution in [-0.4, -0.2) is 19.0 Å². The van der Waals surface area contributed by atoms with E-state index in [2.05, 4.69) is 10.2 Å². The largest absolute Gasteiger partial charge is 0.370 e. The maximum atomic E-state index is 13.7. The van der Waals surface area contributed by atoms with E-state index in [4.69, 9.17) is 0 Å². The number of carbonyl (C=O) groups is 1. The number of hydrogen-bond donors (Lipinski definition) is 1. The number of halogens is 3. The second-order valence-corrected chi connectivity index (χ2v) is 6.51. The molecule has 0 aromatic heterocycles. The van der Waals surface area contributed by atoms with Crippen LogP contribution in [0.4, 0.5) is 24.5 Å². The van der Waals surface area contributed by atoms with Gasteiger partial charge in [-0.25, -0.2) is 13.2 Å². The zero-order valence-corrected chi connectivity index (χ0v) is 14.4. The van der Waals surface area contributed by atoms with Gasteiger partial charge in [0.25, 0.3) is 0 Å². The minimum absolute atomic E-state index is 0.0982. The number of carbonyl (C=O) groups excluding carboxylic acids is 1. The van der Waals surface area contributed by atoms with Gasteiger partial charge in [0.05, 0.1) is 11.4 Å². The molecule has 1 aliphatic rings. The molecular weight excluding hydrogens is 341 g/mol. The molecule has 2 aromatic rings. The molecular formula is C20H21F3N2O. The fourth-order valence-electron chi connectivity index (χ4n) is 3.18. The molecule has 1 amide bonds. The zero-order chi connectivity index (χ0) is 18.5. The van der Waals surface area contributed by atoms with Gasteiger partial charge in [0.15, 0.2) is 11.6 Å². The van der Waals surface area contributed by atoms with E-state index in [1.807, 2.05) is 0 Å². The van der Waals surface area contributed by atoms with E-state index in [-0.39, 0.29) is 18.7 Å². The summed E-state index contributed by atoms with van der Waals surface area (Å²) in [6, 6.07) is 7.98. The van der Waals surface area contributed by atoms with Crippen LogP contribution in [0.1, 0.15) is 31.2 Å². The van der Waals surface area contributed by atoms with Gasteiger partial charge in [-0.15, -0.1) is 0 Å². The normalized spacial score (nSPS) is 14.3. The van der Waals surface area contributed by atoms with E-state index < -0.39 is 17.5 Å². The monoisotopic (exact) mass is 362 g/mol. The molecule has 3 rings (SSSR count). The van der Waals surface area contributed by atoms with Crippen LogP contribution in [0, 0.1) is 17.5 Å². The molecule has 0 saturated carbocycles. The number of nitrogens with zero attached hydrogens (tertiary/aromatic N) is 1. The highest BCUT2D eigenvalue weighted by Gasteiger charge is 2.16. The number of benzene rings is 2. The van der Waals surface area contributed by atoms with Gasteiger partial charge in [-0.3, -0.25) is 4.79 Å². The summed E-state index contributed by atoms with van der Waals surface area (Å²) >= 11 is 0. The highest BCUT2D eigenvalue weighted by molar-refractivity contribution is 5.94. The van der Waals surface area contributed by atoms with Gasteiger partial charge >= 0.3 is 0 Å². The molecule has 26 heavy (non-hydrogen) atoms. The predicted octanol–water partition coefficient (Wildman–Crippen LogP) is 4.67. The summed E-state index contributed by atoms with van der Waals surface area (Å²) in [7, 11) is 0. The van der Waals surface area contributed by atoms with Gasteiger partial charge in [-0.2, -0.15) is 0 Å². The van der Waals surface area contributed by atoms with Crippen molar-refractivity contribution in [3.8, 4) is 0 Å². The highest BCUT2D eigenvalue weighted by Crippen LogP contribution is 2.29. The van der Waals surface area contributed by atoms with Crippen molar-refractivity contribution in [1.82, 2.24) is 0 Å². The minimum Gasteiger partial charge on any atom is -0.370 e. The Morgan fingerprint density at radius 2 is 1.73 bits per heavy atom. The topological polar surface area (TPSA) is 32.3 Å². The van der Waals surface area contributed by atoms with Crippen molar-refractivity contribution in [2.45, 2.75) is 32.1 Å². The molecule has 1 heterocycles. The molecule has 1 saturated heterocycles. The molecule has 0 unspecified atom stereocenters. The Balaban J connectivity index is 1.66. The molecule has 0 bridgehead atoms. The van der Waals surface area contributed by atoms with Gasteiger partial charge in [0.2, 0.25) is 5.91 Å². The molecule has 0 radical (unpaired) electrons. The lowest BCUT2D eigenvalue weighted by molar-refractivity contribution is -0.116. The third-order valence-electron chi connectivity index (χ3n) is 4.55. The van der Waals surface area contributed by atoms with Gasteiger partial charge in [0.1, 0.15) is 5.82 Å². The van der Waals surface area contributed by atoms with Crippen molar-refractivity contribution in [3.05, 3.63) is 59.4 Å². The van der Waals surface area contributed by atoms with Crippen LogP contribution in [0.2, 0.25) is 0 Å². The zero-order valence-electron chi connectivity index (χ0n) is 14.4. The first kappa shape index (κ1) is 18.3. The van der Waals surface area contributed by atoms with E-state index in [1.54, 1.807) is 6.07 Å². The molecule has 3 nitrogen and oxygen atoms in total. The lowest BCUT2D eigenvalue weighted by atomic mass is 10.1. The quantitative estimate of drug-likeness (QED) is 0.839. The first-order valence-corrected chi connectivity index (χ1v) is 8.81. The highest BCUT2D eigenvalue weighted by atomic mass is 19.2. The first-order chi connectivity index (χ1) is 12.5. The van der Waals surface area contributed by atoms with E-state index in [9.17, 15) is 18.0 Å². The third-order valence-corrected chi connectivity index (χ3v) is 4.55. The number of aryl methyl sites for hydroxylation is 1. The summed E-state index contributed by atoms with van der Waals surface area (Å²) in [6.45, 7) is 1.76. The minimum atomic E-state index is -0.930. The smallest absolute Gasteiger partial charge is 0.224 e. The number of nitrogens with one attached hydrogen (secondary N) is 1. The number of piperidine rings is 1. The average molecular weight is 362 g/mol. The Kier molecular flexibility index (Phi) is 5.81. The lowest BCUT2D eigenvalue weighted by Crippen LogP contribution is -2.30. The number of anilines is 2. The van der Waals surface area contributed by atoms with E-state index in [1.165, 1.54) is 24.6 Å². The van der Waals surface area contributed by atoms with Crippen LogP contribution in [-0.2, 0) is 11.2 Å².